The Morgan fingerprint density at radius 2 is 2.11 bits per heavy atom. The minimum atomic E-state index is 0.0213. The van der Waals surface area contributed by atoms with E-state index < -0.39 is 0 Å². The summed E-state index contributed by atoms with van der Waals surface area (Å²) < 4.78 is 0. The molecule has 0 aromatic rings. The lowest BCUT2D eigenvalue weighted by Crippen LogP contribution is -2.46. The molecule has 0 aromatic carbocycles. The van der Waals surface area contributed by atoms with Crippen LogP contribution < -0.4 is 0 Å². The summed E-state index contributed by atoms with van der Waals surface area (Å²) in [6.45, 7) is 10.2. The monoisotopic (exact) mass is 270 g/mol. The summed E-state index contributed by atoms with van der Waals surface area (Å²) in [7, 11) is 1.99. The summed E-state index contributed by atoms with van der Waals surface area (Å²) in [5.74, 6) is 0.252. The van der Waals surface area contributed by atoms with Gasteiger partial charge in [0.25, 0.3) is 0 Å². The van der Waals surface area contributed by atoms with E-state index in [0.717, 1.165) is 19.4 Å². The zero-order chi connectivity index (χ0) is 14.6. The van der Waals surface area contributed by atoms with Crippen LogP contribution in [0, 0.1) is 5.41 Å². The van der Waals surface area contributed by atoms with Crippen molar-refractivity contribution in [1.29, 1.82) is 0 Å². The van der Waals surface area contributed by atoms with Crippen molar-refractivity contribution in [3.63, 3.8) is 0 Å². The topological polar surface area (TPSA) is 43.8 Å². The third kappa shape index (κ3) is 4.46. The molecule has 4 heteroatoms. The third-order valence-electron chi connectivity index (χ3n) is 4.26. The first-order valence-corrected chi connectivity index (χ1v) is 7.38. The number of rotatable bonds is 5. The minimum Gasteiger partial charge on any atom is -0.395 e. The largest absolute Gasteiger partial charge is 0.395 e. The van der Waals surface area contributed by atoms with Crippen LogP contribution in [-0.4, -0.2) is 59.6 Å². The van der Waals surface area contributed by atoms with E-state index >= 15 is 0 Å². The Balaban J connectivity index is 2.45. The van der Waals surface area contributed by atoms with E-state index in [9.17, 15) is 9.90 Å². The highest BCUT2D eigenvalue weighted by molar-refractivity contribution is 5.77. The second-order valence-corrected chi connectivity index (χ2v) is 6.87. The van der Waals surface area contributed by atoms with E-state index in [2.05, 4.69) is 32.6 Å². The lowest BCUT2D eigenvalue weighted by atomic mass is 9.86. The van der Waals surface area contributed by atoms with Gasteiger partial charge in [0, 0.05) is 31.6 Å². The summed E-state index contributed by atoms with van der Waals surface area (Å²) in [5, 5.41) is 9.51. The molecule has 0 aliphatic carbocycles. The van der Waals surface area contributed by atoms with Crippen molar-refractivity contribution in [1.82, 2.24) is 9.80 Å². The molecule has 1 rings (SSSR count). The molecule has 112 valence electrons. The number of hydrogen-bond donors (Lipinski definition) is 1. The number of aliphatic hydroxyl groups excluding tert-OH is 1. The average molecular weight is 270 g/mol. The minimum absolute atomic E-state index is 0.0213. The van der Waals surface area contributed by atoms with Crippen LogP contribution in [0.1, 0.15) is 47.0 Å². The van der Waals surface area contributed by atoms with Gasteiger partial charge in [-0.05, 0) is 32.2 Å². The average Bonchev–Trinajstić information content (AvgIpc) is 2.71. The molecule has 19 heavy (non-hydrogen) atoms. The first-order chi connectivity index (χ1) is 8.77. The highest BCUT2D eigenvalue weighted by atomic mass is 16.3. The van der Waals surface area contributed by atoms with Crippen molar-refractivity contribution >= 4 is 5.91 Å². The Labute approximate surface area is 117 Å². The van der Waals surface area contributed by atoms with Crippen LogP contribution in [0.2, 0.25) is 0 Å². The molecule has 1 N–H and O–H groups in total. The number of carbonyl (C=O) groups is 1. The molecular formula is C15H30N2O2. The van der Waals surface area contributed by atoms with Gasteiger partial charge in [0.05, 0.1) is 6.61 Å². The lowest BCUT2D eigenvalue weighted by molar-refractivity contribution is -0.132. The van der Waals surface area contributed by atoms with Gasteiger partial charge in [0.15, 0.2) is 0 Å². The van der Waals surface area contributed by atoms with E-state index in [-0.39, 0.29) is 24.0 Å². The van der Waals surface area contributed by atoms with Gasteiger partial charge in [-0.2, -0.15) is 0 Å². The number of carbonyl (C=O) groups excluding carboxylic acids is 1. The van der Waals surface area contributed by atoms with Crippen molar-refractivity contribution in [2.75, 3.05) is 26.7 Å². The zero-order valence-corrected chi connectivity index (χ0v) is 13.1. The van der Waals surface area contributed by atoms with Crippen LogP contribution in [0.4, 0.5) is 0 Å². The van der Waals surface area contributed by atoms with Crippen molar-refractivity contribution < 1.29 is 9.90 Å². The Kier molecular flexibility index (Phi) is 5.81. The van der Waals surface area contributed by atoms with Gasteiger partial charge in [-0.1, -0.05) is 20.8 Å². The molecule has 2 atom stereocenters. The molecule has 4 nitrogen and oxygen atoms in total. The van der Waals surface area contributed by atoms with Crippen molar-refractivity contribution in [2.24, 2.45) is 5.41 Å². The summed E-state index contributed by atoms with van der Waals surface area (Å²) in [6.07, 6.45) is 2.81. The van der Waals surface area contributed by atoms with Crippen LogP contribution in [0.3, 0.4) is 0 Å². The molecule has 1 saturated heterocycles. The van der Waals surface area contributed by atoms with Crippen molar-refractivity contribution in [2.45, 2.75) is 59.0 Å². The Morgan fingerprint density at radius 3 is 2.53 bits per heavy atom. The first-order valence-electron chi connectivity index (χ1n) is 7.38. The maximum atomic E-state index is 12.2. The Hall–Kier alpha value is -0.610. The first kappa shape index (κ1) is 16.4. The van der Waals surface area contributed by atoms with Crippen LogP contribution in [0.5, 0.6) is 0 Å². The fourth-order valence-electron chi connectivity index (χ4n) is 2.95. The normalized spacial score (nSPS) is 22.1. The standard InChI is InChI=1S/C15H30N2O2/c1-12-7-6-9-17(12)14(19)8-10-16(5)13(11-18)15(2,3)4/h12-13,18H,6-11H2,1-5H3. The number of aliphatic hydroxyl groups is 1. The van der Waals surface area contributed by atoms with Gasteiger partial charge in [0.1, 0.15) is 0 Å². The fraction of sp³-hybridized carbons (Fsp3) is 0.933. The van der Waals surface area contributed by atoms with E-state index in [0.29, 0.717) is 19.0 Å². The van der Waals surface area contributed by atoms with Gasteiger partial charge in [-0.3, -0.25) is 4.79 Å². The van der Waals surface area contributed by atoms with Crippen molar-refractivity contribution in [3.05, 3.63) is 0 Å². The van der Waals surface area contributed by atoms with Crippen LogP contribution in [0.25, 0.3) is 0 Å². The van der Waals surface area contributed by atoms with Crippen molar-refractivity contribution in [3.8, 4) is 0 Å². The summed E-state index contributed by atoms with van der Waals surface area (Å²) in [6, 6.07) is 0.491. The number of likely N-dealkylation sites (N-methyl/N-ethyl adjacent to an activating group) is 1. The summed E-state index contributed by atoms with van der Waals surface area (Å²) in [5.41, 5.74) is 0.0213. The molecule has 0 aromatic heterocycles. The highest BCUT2D eigenvalue weighted by Gasteiger charge is 2.29. The second kappa shape index (κ2) is 6.71. The number of amides is 1. The summed E-state index contributed by atoms with van der Waals surface area (Å²) in [4.78, 5) is 16.3. The molecular weight excluding hydrogens is 240 g/mol. The molecule has 0 saturated carbocycles. The Bertz CT molecular complexity index is 299. The molecule has 1 heterocycles. The molecule has 2 unspecified atom stereocenters. The third-order valence-corrected chi connectivity index (χ3v) is 4.26. The zero-order valence-electron chi connectivity index (χ0n) is 13.1. The Morgan fingerprint density at radius 1 is 1.47 bits per heavy atom. The highest BCUT2D eigenvalue weighted by Crippen LogP contribution is 2.23. The van der Waals surface area contributed by atoms with E-state index in [4.69, 9.17) is 0 Å². The number of likely N-dealkylation sites (tertiary alicyclic amines) is 1. The maximum absolute atomic E-state index is 12.2. The van der Waals surface area contributed by atoms with E-state index in [1.165, 1.54) is 0 Å². The number of hydrogen-bond acceptors (Lipinski definition) is 3. The van der Waals surface area contributed by atoms with Crippen LogP contribution >= 0.6 is 0 Å². The molecule has 1 amide bonds. The molecule has 0 spiro atoms. The molecule has 1 aliphatic rings. The smallest absolute Gasteiger partial charge is 0.224 e. The molecule has 1 aliphatic heterocycles. The lowest BCUT2D eigenvalue weighted by Gasteiger charge is -2.37. The van der Waals surface area contributed by atoms with Crippen LogP contribution in [-0.2, 0) is 4.79 Å². The van der Waals surface area contributed by atoms with E-state index in [1.54, 1.807) is 0 Å². The molecule has 1 fully saturated rings. The second-order valence-electron chi connectivity index (χ2n) is 6.87. The van der Waals surface area contributed by atoms with Gasteiger partial charge in [0.2, 0.25) is 5.91 Å². The SMILES string of the molecule is CC1CCCN1C(=O)CCN(C)C(CO)C(C)(C)C. The van der Waals surface area contributed by atoms with Gasteiger partial charge in [-0.25, -0.2) is 0 Å². The predicted molar refractivity (Wildman–Crippen MR) is 78.0 cm³/mol. The molecule has 0 radical (unpaired) electrons. The van der Waals surface area contributed by atoms with E-state index in [1.807, 2.05) is 11.9 Å². The summed E-state index contributed by atoms with van der Waals surface area (Å²) >= 11 is 0. The fourth-order valence-corrected chi connectivity index (χ4v) is 2.95. The predicted octanol–water partition coefficient (Wildman–Crippen LogP) is 1.73. The van der Waals surface area contributed by atoms with Crippen LogP contribution in [0.15, 0.2) is 0 Å². The quantitative estimate of drug-likeness (QED) is 0.827. The molecule has 0 bridgehead atoms. The van der Waals surface area contributed by atoms with Gasteiger partial charge >= 0.3 is 0 Å². The van der Waals surface area contributed by atoms with Gasteiger partial charge in [-0.15, -0.1) is 0 Å². The van der Waals surface area contributed by atoms with Gasteiger partial charge < -0.3 is 14.9 Å². The maximum Gasteiger partial charge on any atom is 0.224 e. The number of nitrogens with zero attached hydrogens (tertiary/aromatic N) is 2.